The Morgan fingerprint density at radius 3 is 1.68 bits per heavy atom. The van der Waals surface area contributed by atoms with Crippen LogP contribution >= 0.6 is 11.3 Å². The molecule has 6 fully saturated rings. The zero-order valence-electron chi connectivity index (χ0n) is 48.1. The van der Waals surface area contributed by atoms with Crippen molar-refractivity contribution in [2.75, 3.05) is 5.75 Å². The van der Waals surface area contributed by atoms with E-state index in [1.807, 2.05) is 48.0 Å². The maximum atomic E-state index is 13.4. The van der Waals surface area contributed by atoms with Gasteiger partial charge >= 0.3 is 0 Å². The van der Waals surface area contributed by atoms with Crippen LogP contribution in [-0.2, 0) is 9.84 Å². The topological polar surface area (TPSA) is 47.0 Å². The van der Waals surface area contributed by atoms with Crippen molar-refractivity contribution in [2.45, 2.75) is 176 Å². The van der Waals surface area contributed by atoms with E-state index in [9.17, 15) is 8.42 Å². The van der Waals surface area contributed by atoms with Gasteiger partial charge in [-0.3, -0.25) is 0 Å². The Hall–Kier alpha value is -3.54. The standard InChI is InChI=1S/C31H44.C30H41NO2S2.C9H10/c1-21-16-18-30(4)25(20-21)12-13-26-28-15-14-27(31(28,5)19-17-29(26)30)23(3)10-11-24-9-7-6-8-22(24)2;1-19-13-15-29(3)21(17-19)9-10-22-24-12-11-23(30(24,4)16-14-25(22)29)20(2)18-35(32,33)28-31-26-7-5-6-8-27(26)34-28;1-3-9-7-5-4-6-8(9)2/h6-12,21,23,26-29H,13-20H2,1-5H3;5-9,19-20,22-25H,10-18H2,1-4H3;3-7H,1H2,2H3/b11-10+;;/t21-,23+,26-,27+,28-,29-,30-,31+;19-,20+,22-,23+,24-,25-,29-,30+;/m00./s1. The minimum Gasteiger partial charge on any atom is -0.225 e. The van der Waals surface area contributed by atoms with E-state index < -0.39 is 9.84 Å². The number of nitrogens with zero attached hydrogens (tertiary/aromatic N) is 1. The number of sulfone groups is 1. The van der Waals surface area contributed by atoms with Crippen molar-refractivity contribution in [3.8, 4) is 0 Å². The number of benzene rings is 3. The smallest absolute Gasteiger partial charge is 0.210 e. The van der Waals surface area contributed by atoms with Gasteiger partial charge in [0.2, 0.25) is 14.2 Å². The van der Waals surface area contributed by atoms with Gasteiger partial charge in [-0.25, -0.2) is 13.4 Å². The lowest BCUT2D eigenvalue weighted by atomic mass is 9.46. The van der Waals surface area contributed by atoms with Crippen LogP contribution in [0.5, 0.6) is 0 Å². The van der Waals surface area contributed by atoms with Gasteiger partial charge in [-0.15, -0.1) is 11.3 Å². The van der Waals surface area contributed by atoms with E-state index in [0.717, 1.165) is 63.5 Å². The van der Waals surface area contributed by atoms with Gasteiger partial charge in [-0.1, -0.05) is 164 Å². The fourth-order valence-electron chi connectivity index (χ4n) is 19.1. The molecule has 1 aromatic heterocycles. The minimum absolute atomic E-state index is 0.166. The van der Waals surface area contributed by atoms with Crippen LogP contribution in [0.3, 0.4) is 0 Å². The zero-order chi connectivity index (χ0) is 53.1. The monoisotopic (exact) mass is 1050 g/mol. The van der Waals surface area contributed by atoms with Crippen molar-refractivity contribution in [2.24, 2.45) is 92.7 Å². The predicted octanol–water partition coefficient (Wildman–Crippen LogP) is 19.4. The highest BCUT2D eigenvalue weighted by molar-refractivity contribution is 7.93. The lowest BCUT2D eigenvalue weighted by molar-refractivity contribution is -0.0501. The Labute approximate surface area is 460 Å². The maximum absolute atomic E-state index is 13.4. The van der Waals surface area contributed by atoms with E-state index in [-0.39, 0.29) is 17.1 Å². The van der Waals surface area contributed by atoms with E-state index in [4.69, 9.17) is 0 Å². The van der Waals surface area contributed by atoms with Crippen LogP contribution in [0.2, 0.25) is 0 Å². The third-order valence-corrected chi connectivity index (χ3v) is 26.8. The van der Waals surface area contributed by atoms with Crippen molar-refractivity contribution in [1.82, 2.24) is 4.98 Å². The average molecular weight is 1050 g/mol. The van der Waals surface area contributed by atoms with Gasteiger partial charge in [0, 0.05) is 0 Å². The normalized spacial score (nSPS) is 37.6. The van der Waals surface area contributed by atoms with E-state index in [1.54, 1.807) is 5.57 Å². The number of rotatable bonds is 8. The van der Waals surface area contributed by atoms with Crippen LogP contribution in [0.15, 0.2) is 113 Å². The number of thiazole rings is 1. The molecule has 0 N–H and O–H groups in total. The van der Waals surface area contributed by atoms with Gasteiger partial charge < -0.3 is 0 Å². The van der Waals surface area contributed by atoms with Gasteiger partial charge in [0.05, 0.1) is 16.0 Å². The fourth-order valence-corrected chi connectivity index (χ4v) is 22.0. The quantitative estimate of drug-likeness (QED) is 0.165. The van der Waals surface area contributed by atoms with Crippen molar-refractivity contribution >= 4 is 43.5 Å². The summed E-state index contributed by atoms with van der Waals surface area (Å²) in [5, 5.41) is 0. The average Bonchev–Trinajstić information content (AvgIpc) is 4.10. The van der Waals surface area contributed by atoms with Gasteiger partial charge in [0.15, 0.2) is 0 Å². The summed E-state index contributed by atoms with van der Waals surface area (Å²) in [6.07, 6.45) is 34.1. The molecule has 0 amide bonds. The van der Waals surface area contributed by atoms with E-state index in [1.165, 1.54) is 136 Å². The molecule has 5 heteroatoms. The lowest BCUT2D eigenvalue weighted by Gasteiger charge is -2.58. The molecule has 8 aliphatic rings. The molecule has 404 valence electrons. The summed E-state index contributed by atoms with van der Waals surface area (Å²) in [6.45, 7) is 28.1. The number of aryl methyl sites for hydroxylation is 2. The van der Waals surface area contributed by atoms with Gasteiger partial charge in [0.1, 0.15) is 0 Å². The lowest BCUT2D eigenvalue weighted by Crippen LogP contribution is -2.50. The first kappa shape index (κ1) is 54.8. The highest BCUT2D eigenvalue weighted by Crippen LogP contribution is 2.69. The van der Waals surface area contributed by atoms with E-state index in [0.29, 0.717) is 32.4 Å². The summed E-state index contributed by atoms with van der Waals surface area (Å²) in [5.74, 6) is 9.35. The minimum atomic E-state index is -3.38. The summed E-state index contributed by atoms with van der Waals surface area (Å²) in [5.41, 5.74) is 11.4. The summed E-state index contributed by atoms with van der Waals surface area (Å²) in [7, 11) is -3.38. The molecule has 8 aliphatic carbocycles. The molecular weight excluding hydrogens is 951 g/mol. The van der Waals surface area contributed by atoms with Crippen LogP contribution < -0.4 is 0 Å². The number of para-hydroxylation sites is 1. The Kier molecular flexibility index (Phi) is 15.8. The van der Waals surface area contributed by atoms with Crippen LogP contribution in [0.25, 0.3) is 22.4 Å². The molecule has 0 bridgehead atoms. The molecule has 0 spiro atoms. The zero-order valence-corrected chi connectivity index (χ0v) is 49.7. The number of hydrogen-bond donors (Lipinski definition) is 0. The van der Waals surface area contributed by atoms with Crippen LogP contribution in [0.1, 0.15) is 180 Å². The molecule has 0 radical (unpaired) electrons. The maximum Gasteiger partial charge on any atom is 0.210 e. The highest BCUT2D eigenvalue weighted by atomic mass is 32.2. The van der Waals surface area contributed by atoms with E-state index in [2.05, 4.69) is 142 Å². The van der Waals surface area contributed by atoms with Crippen LogP contribution in [0.4, 0.5) is 0 Å². The number of hydrogen-bond acceptors (Lipinski definition) is 4. The molecule has 3 aromatic carbocycles. The Morgan fingerprint density at radius 1 is 0.640 bits per heavy atom. The molecule has 3 nitrogen and oxygen atoms in total. The summed E-state index contributed by atoms with van der Waals surface area (Å²) in [6, 6.07) is 24.8. The van der Waals surface area contributed by atoms with Gasteiger partial charge in [0.25, 0.3) is 0 Å². The predicted molar refractivity (Wildman–Crippen MR) is 320 cm³/mol. The molecule has 16 atom stereocenters. The van der Waals surface area contributed by atoms with Crippen LogP contribution in [-0.4, -0.2) is 19.2 Å². The molecule has 4 aromatic rings. The Morgan fingerprint density at radius 2 is 1.15 bits per heavy atom. The first-order chi connectivity index (χ1) is 35.8. The number of fused-ring (bicyclic) bond motifs is 11. The third-order valence-electron chi connectivity index (χ3n) is 23.4. The fraction of sp³-hybridized carbons (Fsp3) is 0.614. The molecule has 6 saturated carbocycles. The first-order valence-corrected chi connectivity index (χ1v) is 32.6. The number of aromatic nitrogens is 1. The largest absolute Gasteiger partial charge is 0.225 e. The van der Waals surface area contributed by atoms with Crippen molar-refractivity contribution in [3.63, 3.8) is 0 Å². The molecular formula is C70H95NO2S2. The molecule has 75 heavy (non-hydrogen) atoms. The molecule has 0 saturated heterocycles. The second-order valence-electron chi connectivity index (χ2n) is 27.5. The first-order valence-electron chi connectivity index (χ1n) is 30.2. The van der Waals surface area contributed by atoms with E-state index >= 15 is 0 Å². The van der Waals surface area contributed by atoms with Crippen molar-refractivity contribution in [1.29, 1.82) is 0 Å². The second-order valence-corrected chi connectivity index (χ2v) is 30.8. The second kappa shape index (κ2) is 21.6. The third kappa shape index (κ3) is 10.3. The Balaban J connectivity index is 0.000000148. The molecule has 12 rings (SSSR count). The van der Waals surface area contributed by atoms with Crippen molar-refractivity contribution in [3.05, 3.63) is 131 Å². The van der Waals surface area contributed by atoms with Gasteiger partial charge in [-0.2, -0.15) is 0 Å². The molecule has 0 aliphatic heterocycles. The summed E-state index contributed by atoms with van der Waals surface area (Å²) in [4.78, 5) is 4.49. The highest BCUT2D eigenvalue weighted by Gasteiger charge is 2.61. The van der Waals surface area contributed by atoms with Crippen LogP contribution in [0, 0.1) is 107 Å². The summed E-state index contributed by atoms with van der Waals surface area (Å²) >= 11 is 1.33. The molecule has 0 unspecified atom stereocenters. The Bertz CT molecular complexity index is 2870. The van der Waals surface area contributed by atoms with Crippen molar-refractivity contribution < 1.29 is 8.42 Å². The number of allylic oxidation sites excluding steroid dienone is 5. The SMILES string of the molecule is C=Cc1ccccc1C.C[C@H]1CC[C@@]2(C)C(=CC[C@H]3[C@@H]4CC[C@H]([C@H](C)CS(=O)(=O)c5nc6ccccc6s5)[C@@]4(C)CC[C@@H]32)C1.Cc1ccccc1/C=C/[C@@H](C)[C@H]1CC[C@H]2[C@@H]3CC=C4C[C@@H](C)CC[C@]4(C)[C@H]3CC[C@]12C. The molecule has 1 heterocycles. The summed E-state index contributed by atoms with van der Waals surface area (Å²) < 4.78 is 28.1. The van der Waals surface area contributed by atoms with Gasteiger partial charge in [-0.05, 0) is 244 Å².